The topological polar surface area (TPSA) is 15.7 Å². The summed E-state index contributed by atoms with van der Waals surface area (Å²) < 4.78 is 5.41. The van der Waals surface area contributed by atoms with E-state index in [4.69, 9.17) is 4.74 Å². The highest BCUT2D eigenvalue weighted by atomic mass is 32.2. The fraction of sp³-hybridized carbons (Fsp3) is 0.647. The van der Waals surface area contributed by atoms with Gasteiger partial charge in [-0.15, -0.1) is 11.8 Å². The van der Waals surface area contributed by atoms with Crippen LogP contribution in [0.15, 0.2) is 23.1 Å². The van der Waals surface area contributed by atoms with Crippen molar-refractivity contribution >= 4 is 11.8 Å². The molecule has 2 bridgehead atoms. The highest BCUT2D eigenvalue weighted by Gasteiger charge is 2.34. The first kappa shape index (κ1) is 15.2. The van der Waals surface area contributed by atoms with Crippen LogP contribution >= 0.6 is 11.8 Å². The maximum Gasteiger partial charge on any atom is 0.132 e. The summed E-state index contributed by atoms with van der Waals surface area (Å²) in [5.74, 6) is 0.987. The Morgan fingerprint density at radius 1 is 1.24 bits per heavy atom. The quantitative estimate of drug-likeness (QED) is 0.794. The fourth-order valence-electron chi connectivity index (χ4n) is 3.76. The lowest BCUT2D eigenvalue weighted by molar-refractivity contribution is 0.214. The van der Waals surface area contributed by atoms with E-state index in [1.165, 1.54) is 42.8 Å². The van der Waals surface area contributed by atoms with E-state index in [2.05, 4.69) is 41.3 Å². The van der Waals surface area contributed by atoms with Crippen molar-refractivity contribution in [2.24, 2.45) is 0 Å². The number of likely N-dealkylation sites (tertiary alicyclic amines) is 1. The van der Waals surface area contributed by atoms with E-state index < -0.39 is 0 Å². The van der Waals surface area contributed by atoms with Crippen LogP contribution in [0.25, 0.3) is 0 Å². The van der Waals surface area contributed by atoms with Gasteiger partial charge in [-0.25, -0.2) is 0 Å². The Hall–Kier alpha value is -0.710. The minimum absolute atomic E-state index is 0.760. The molecule has 2 atom stereocenters. The molecule has 2 fully saturated rings. The van der Waals surface area contributed by atoms with E-state index in [1.54, 1.807) is 18.9 Å². The van der Waals surface area contributed by atoms with E-state index in [9.17, 15) is 0 Å². The van der Waals surface area contributed by atoms with Crippen LogP contribution in [0.5, 0.6) is 5.75 Å². The van der Waals surface area contributed by atoms with Crippen LogP contribution in [0, 0.1) is 0 Å². The lowest BCUT2D eigenvalue weighted by atomic mass is 10.1. The van der Waals surface area contributed by atoms with Gasteiger partial charge in [0.15, 0.2) is 0 Å². The first-order chi connectivity index (χ1) is 10.2. The molecule has 3 rings (SSSR count). The number of hydrogen-bond acceptors (Lipinski definition) is 4. The molecule has 116 valence electrons. The molecule has 0 saturated carbocycles. The van der Waals surface area contributed by atoms with Gasteiger partial charge in [0, 0.05) is 36.6 Å². The van der Waals surface area contributed by atoms with Crippen molar-refractivity contribution < 1.29 is 4.74 Å². The summed E-state index contributed by atoms with van der Waals surface area (Å²) in [6.45, 7) is 3.51. The van der Waals surface area contributed by atoms with Gasteiger partial charge in [-0.3, -0.25) is 9.80 Å². The molecule has 2 aliphatic heterocycles. The Balaban J connectivity index is 1.69. The average molecular weight is 306 g/mol. The molecule has 3 nitrogen and oxygen atoms in total. The van der Waals surface area contributed by atoms with Crippen molar-refractivity contribution in [1.82, 2.24) is 9.80 Å². The molecule has 0 aromatic heterocycles. The molecule has 0 unspecified atom stereocenters. The largest absolute Gasteiger partial charge is 0.496 e. The molecule has 2 heterocycles. The van der Waals surface area contributed by atoms with Gasteiger partial charge in [0.25, 0.3) is 0 Å². The minimum Gasteiger partial charge on any atom is -0.496 e. The zero-order valence-electron chi connectivity index (χ0n) is 13.3. The number of rotatable bonds is 4. The molecular formula is C17H26N2OS. The molecule has 0 radical (unpaired) electrons. The third-order valence-electron chi connectivity index (χ3n) is 5.09. The smallest absolute Gasteiger partial charge is 0.132 e. The number of benzene rings is 1. The number of methoxy groups -OCH3 is 1. The first-order valence-corrected chi connectivity index (χ1v) is 9.09. The number of fused-ring (bicyclic) bond motifs is 2. The third kappa shape index (κ3) is 3.22. The maximum atomic E-state index is 5.41. The first-order valence-electron chi connectivity index (χ1n) is 7.86. The molecule has 0 amide bonds. The summed E-state index contributed by atoms with van der Waals surface area (Å²) in [5, 5.41) is 0. The molecule has 1 aromatic carbocycles. The zero-order valence-corrected chi connectivity index (χ0v) is 14.2. The van der Waals surface area contributed by atoms with E-state index >= 15 is 0 Å². The molecule has 0 spiro atoms. The number of ether oxygens (including phenoxy) is 1. The lowest BCUT2D eigenvalue weighted by Crippen LogP contribution is -2.36. The van der Waals surface area contributed by atoms with Crippen molar-refractivity contribution in [3.8, 4) is 5.75 Å². The molecule has 1 aromatic rings. The van der Waals surface area contributed by atoms with Gasteiger partial charge >= 0.3 is 0 Å². The van der Waals surface area contributed by atoms with Crippen LogP contribution in [-0.4, -0.2) is 55.4 Å². The maximum absolute atomic E-state index is 5.41. The molecule has 2 aliphatic rings. The Bertz CT molecular complexity index is 494. The number of likely N-dealkylation sites (N-methyl/N-ethyl adjacent to an activating group) is 1. The van der Waals surface area contributed by atoms with E-state index in [0.717, 1.165) is 24.4 Å². The van der Waals surface area contributed by atoms with Gasteiger partial charge in [0.05, 0.1) is 7.11 Å². The van der Waals surface area contributed by atoms with Crippen LogP contribution in [0.4, 0.5) is 0 Å². The number of nitrogens with zero attached hydrogens (tertiary/aromatic N) is 2. The molecule has 0 N–H and O–H groups in total. The van der Waals surface area contributed by atoms with Gasteiger partial charge in [-0.05, 0) is 50.3 Å². The number of thioether (sulfide) groups is 1. The van der Waals surface area contributed by atoms with Gasteiger partial charge in [-0.1, -0.05) is 6.07 Å². The number of hydrogen-bond donors (Lipinski definition) is 0. The van der Waals surface area contributed by atoms with Crippen molar-refractivity contribution in [2.45, 2.75) is 42.8 Å². The van der Waals surface area contributed by atoms with Crippen molar-refractivity contribution in [3.05, 3.63) is 23.8 Å². The lowest BCUT2D eigenvalue weighted by Gasteiger charge is -2.26. The molecular weight excluding hydrogens is 280 g/mol. The van der Waals surface area contributed by atoms with Gasteiger partial charge in [-0.2, -0.15) is 0 Å². The van der Waals surface area contributed by atoms with Crippen molar-refractivity contribution in [3.63, 3.8) is 0 Å². The predicted molar refractivity (Wildman–Crippen MR) is 89.2 cm³/mol. The Kier molecular flexibility index (Phi) is 4.77. The second-order valence-corrected chi connectivity index (χ2v) is 7.11. The Labute approximate surface area is 132 Å². The highest BCUT2D eigenvalue weighted by molar-refractivity contribution is 7.98. The van der Waals surface area contributed by atoms with Gasteiger partial charge in [0.2, 0.25) is 0 Å². The second kappa shape index (κ2) is 6.59. The van der Waals surface area contributed by atoms with Crippen LogP contribution in [-0.2, 0) is 6.54 Å². The molecule has 0 aliphatic carbocycles. The molecule has 21 heavy (non-hydrogen) atoms. The average Bonchev–Trinajstić information content (AvgIpc) is 2.75. The normalized spacial score (nSPS) is 26.8. The van der Waals surface area contributed by atoms with Crippen molar-refractivity contribution in [1.29, 1.82) is 0 Å². The third-order valence-corrected chi connectivity index (χ3v) is 5.85. The summed E-state index contributed by atoms with van der Waals surface area (Å²) in [6.07, 6.45) is 6.20. The summed E-state index contributed by atoms with van der Waals surface area (Å²) in [4.78, 5) is 6.48. The summed E-state index contributed by atoms with van der Waals surface area (Å²) in [7, 11) is 4.06. The zero-order chi connectivity index (χ0) is 14.8. The Morgan fingerprint density at radius 2 is 2.05 bits per heavy atom. The molecule has 4 heteroatoms. The summed E-state index contributed by atoms with van der Waals surface area (Å²) >= 11 is 1.76. The van der Waals surface area contributed by atoms with Crippen LogP contribution in [0.1, 0.15) is 24.8 Å². The predicted octanol–water partition coefficient (Wildman–Crippen LogP) is 3.09. The van der Waals surface area contributed by atoms with E-state index in [0.29, 0.717) is 0 Å². The van der Waals surface area contributed by atoms with Crippen LogP contribution in [0.2, 0.25) is 0 Å². The fourth-order valence-corrected chi connectivity index (χ4v) is 4.38. The minimum atomic E-state index is 0.760. The van der Waals surface area contributed by atoms with Gasteiger partial charge < -0.3 is 4.74 Å². The van der Waals surface area contributed by atoms with Crippen LogP contribution < -0.4 is 4.74 Å². The summed E-state index contributed by atoms with van der Waals surface area (Å²) in [5.41, 5.74) is 1.40. The summed E-state index contributed by atoms with van der Waals surface area (Å²) in [6, 6.07) is 8.19. The standard InChI is InChI=1S/C17H26N2OS/c1-18-14-5-6-15(18)12-19(9-8-14)11-13-4-7-16(20-2)17(10-13)21-3/h4,7,10,14-15H,5-6,8-9,11-12H2,1-3H3/t14-,15+/m1/s1. The monoisotopic (exact) mass is 306 g/mol. The van der Waals surface area contributed by atoms with Crippen molar-refractivity contribution in [2.75, 3.05) is 33.5 Å². The van der Waals surface area contributed by atoms with Gasteiger partial charge in [0.1, 0.15) is 5.75 Å². The Morgan fingerprint density at radius 3 is 2.81 bits per heavy atom. The van der Waals surface area contributed by atoms with Crippen LogP contribution in [0.3, 0.4) is 0 Å². The molecule has 2 saturated heterocycles. The van der Waals surface area contributed by atoms with E-state index in [1.807, 2.05) is 0 Å². The van der Waals surface area contributed by atoms with E-state index in [-0.39, 0.29) is 0 Å². The highest BCUT2D eigenvalue weighted by Crippen LogP contribution is 2.31. The second-order valence-electron chi connectivity index (χ2n) is 6.26. The SMILES string of the molecule is COc1ccc(CN2CC[C@H]3CC[C@@H](C2)N3C)cc1SC.